The average molecular weight is 261 g/mol. The Hall–Kier alpha value is -2.07. The summed E-state index contributed by atoms with van der Waals surface area (Å²) >= 11 is 0. The van der Waals surface area contributed by atoms with E-state index in [1.165, 1.54) is 6.07 Å². The Labute approximate surface area is 111 Å². The van der Waals surface area contributed by atoms with E-state index in [0.29, 0.717) is 22.6 Å². The van der Waals surface area contributed by atoms with Crippen molar-refractivity contribution < 1.29 is 14.2 Å². The number of hydrogen-bond acceptors (Lipinski definition) is 3. The van der Waals surface area contributed by atoms with E-state index in [4.69, 9.17) is 10.5 Å². The average Bonchev–Trinajstić information content (AvgIpc) is 2.40. The second-order valence-electron chi connectivity index (χ2n) is 4.41. The number of nitrogen functional groups attached to an aromatic ring is 1. The molecule has 0 amide bonds. The summed E-state index contributed by atoms with van der Waals surface area (Å²) in [5.41, 5.74) is 7.45. The molecule has 2 aromatic rings. The molecule has 0 heterocycles. The summed E-state index contributed by atoms with van der Waals surface area (Å²) in [5, 5.41) is 9.96. The fourth-order valence-corrected chi connectivity index (χ4v) is 1.70. The van der Waals surface area contributed by atoms with Gasteiger partial charge in [0.2, 0.25) is 0 Å². The first-order valence-electron chi connectivity index (χ1n) is 5.98. The van der Waals surface area contributed by atoms with Crippen LogP contribution in [-0.4, -0.2) is 11.7 Å². The predicted octanol–water partition coefficient (Wildman–Crippen LogP) is 2.83. The van der Waals surface area contributed by atoms with E-state index in [-0.39, 0.29) is 12.4 Å². The number of aryl methyl sites for hydroxylation is 1. The van der Waals surface area contributed by atoms with Gasteiger partial charge in [0.15, 0.2) is 0 Å². The fourth-order valence-electron chi connectivity index (χ4n) is 1.70. The first-order valence-corrected chi connectivity index (χ1v) is 5.98. The van der Waals surface area contributed by atoms with Crippen molar-refractivity contribution in [2.45, 2.75) is 13.0 Å². The first kappa shape index (κ1) is 13.4. The molecule has 0 aromatic heterocycles. The Morgan fingerprint density at radius 1 is 1.26 bits per heavy atom. The highest BCUT2D eigenvalue weighted by atomic mass is 19.1. The number of nitrogens with two attached hydrogens (primary N) is 1. The summed E-state index contributed by atoms with van der Waals surface area (Å²) in [6.45, 7) is 1.73. The number of hydrogen-bond donors (Lipinski definition) is 2. The van der Waals surface area contributed by atoms with Crippen LogP contribution in [0.15, 0.2) is 42.5 Å². The van der Waals surface area contributed by atoms with Gasteiger partial charge in [0.25, 0.3) is 0 Å². The van der Waals surface area contributed by atoms with Crippen molar-refractivity contribution in [3.05, 3.63) is 59.4 Å². The highest BCUT2D eigenvalue weighted by molar-refractivity contribution is 5.41. The minimum absolute atomic E-state index is 0.0476. The maximum Gasteiger partial charge on any atom is 0.129 e. The van der Waals surface area contributed by atoms with Crippen molar-refractivity contribution >= 4 is 5.69 Å². The number of aliphatic hydroxyl groups is 1. The molecule has 3 N–H and O–H groups in total. The van der Waals surface area contributed by atoms with Gasteiger partial charge in [0, 0.05) is 11.8 Å². The maximum atomic E-state index is 13.3. The van der Waals surface area contributed by atoms with Crippen LogP contribution in [0.4, 0.5) is 10.1 Å². The molecule has 19 heavy (non-hydrogen) atoms. The van der Waals surface area contributed by atoms with E-state index in [0.717, 1.165) is 0 Å². The number of benzene rings is 2. The molecule has 2 rings (SSSR count). The number of aliphatic hydroxyl groups excluding tert-OH is 1. The van der Waals surface area contributed by atoms with E-state index >= 15 is 0 Å². The second-order valence-corrected chi connectivity index (χ2v) is 4.41. The molecule has 100 valence electrons. The molecule has 1 atom stereocenters. The normalized spacial score (nSPS) is 12.2. The molecule has 0 saturated carbocycles. The van der Waals surface area contributed by atoms with Crippen LogP contribution in [-0.2, 0) is 0 Å². The van der Waals surface area contributed by atoms with Crippen LogP contribution in [0.2, 0.25) is 0 Å². The van der Waals surface area contributed by atoms with Crippen LogP contribution < -0.4 is 10.5 Å². The summed E-state index contributed by atoms with van der Waals surface area (Å²) in [4.78, 5) is 0. The zero-order valence-electron chi connectivity index (χ0n) is 10.6. The molecule has 0 radical (unpaired) electrons. The van der Waals surface area contributed by atoms with Gasteiger partial charge < -0.3 is 15.6 Å². The lowest BCUT2D eigenvalue weighted by molar-refractivity contribution is 0.108. The molecule has 2 aromatic carbocycles. The molecule has 4 heteroatoms. The minimum atomic E-state index is -0.798. The van der Waals surface area contributed by atoms with Crippen molar-refractivity contribution in [1.82, 2.24) is 0 Å². The standard InChI is InChI=1S/C15H16FNO2/c1-10-5-6-13(8-14(10)16)19-9-15(18)11-3-2-4-12(17)7-11/h2-8,15,18H,9,17H2,1H3. The summed E-state index contributed by atoms with van der Waals surface area (Å²) in [7, 11) is 0. The van der Waals surface area contributed by atoms with Crippen molar-refractivity contribution in [3.63, 3.8) is 0 Å². The van der Waals surface area contributed by atoms with E-state index in [9.17, 15) is 9.50 Å². The molecular formula is C15H16FNO2. The molecule has 0 bridgehead atoms. The van der Waals surface area contributed by atoms with Crippen LogP contribution in [0.5, 0.6) is 5.75 Å². The van der Waals surface area contributed by atoms with Gasteiger partial charge in [-0.2, -0.15) is 0 Å². The number of anilines is 1. The number of halogens is 1. The summed E-state index contributed by atoms with van der Waals surface area (Å²) in [5.74, 6) is 0.0713. The Morgan fingerprint density at radius 2 is 2.05 bits per heavy atom. The molecule has 0 aliphatic heterocycles. The van der Waals surface area contributed by atoms with Crippen LogP contribution in [0, 0.1) is 12.7 Å². The molecule has 1 unspecified atom stereocenters. The quantitative estimate of drug-likeness (QED) is 0.832. The smallest absolute Gasteiger partial charge is 0.129 e. The molecule has 3 nitrogen and oxygen atoms in total. The Morgan fingerprint density at radius 3 is 2.74 bits per heavy atom. The summed E-state index contributed by atoms with van der Waals surface area (Å²) in [6.07, 6.45) is -0.798. The minimum Gasteiger partial charge on any atom is -0.490 e. The molecule has 0 spiro atoms. The lowest BCUT2D eigenvalue weighted by Gasteiger charge is -2.13. The van der Waals surface area contributed by atoms with Gasteiger partial charge in [0.05, 0.1) is 0 Å². The van der Waals surface area contributed by atoms with E-state index in [2.05, 4.69) is 0 Å². The molecule has 0 fully saturated rings. The van der Waals surface area contributed by atoms with Crippen LogP contribution in [0.3, 0.4) is 0 Å². The van der Waals surface area contributed by atoms with E-state index in [1.54, 1.807) is 43.3 Å². The lowest BCUT2D eigenvalue weighted by Crippen LogP contribution is -2.10. The summed E-state index contributed by atoms with van der Waals surface area (Å²) in [6, 6.07) is 11.6. The molecule has 0 aliphatic rings. The topological polar surface area (TPSA) is 55.5 Å². The van der Waals surface area contributed by atoms with E-state index < -0.39 is 6.10 Å². The van der Waals surface area contributed by atoms with Crippen LogP contribution in [0.1, 0.15) is 17.2 Å². The maximum absolute atomic E-state index is 13.3. The monoisotopic (exact) mass is 261 g/mol. The van der Waals surface area contributed by atoms with Gasteiger partial charge in [-0.05, 0) is 36.2 Å². The van der Waals surface area contributed by atoms with Gasteiger partial charge in [-0.15, -0.1) is 0 Å². The number of rotatable bonds is 4. The van der Waals surface area contributed by atoms with Crippen LogP contribution >= 0.6 is 0 Å². The van der Waals surface area contributed by atoms with E-state index in [1.807, 2.05) is 0 Å². The molecule has 0 aliphatic carbocycles. The highest BCUT2D eigenvalue weighted by Crippen LogP contribution is 2.20. The van der Waals surface area contributed by atoms with Gasteiger partial charge in [-0.3, -0.25) is 0 Å². The Kier molecular flexibility index (Phi) is 4.02. The molecule has 0 saturated heterocycles. The van der Waals surface area contributed by atoms with Crippen molar-refractivity contribution in [3.8, 4) is 5.75 Å². The predicted molar refractivity (Wildman–Crippen MR) is 72.4 cm³/mol. The zero-order valence-corrected chi connectivity index (χ0v) is 10.6. The van der Waals surface area contributed by atoms with Crippen molar-refractivity contribution in [1.29, 1.82) is 0 Å². The largest absolute Gasteiger partial charge is 0.490 e. The number of ether oxygens (including phenoxy) is 1. The second kappa shape index (κ2) is 5.71. The third-order valence-electron chi connectivity index (χ3n) is 2.85. The van der Waals surface area contributed by atoms with Crippen molar-refractivity contribution in [2.75, 3.05) is 12.3 Å². The lowest BCUT2D eigenvalue weighted by atomic mass is 10.1. The first-order chi connectivity index (χ1) is 9.06. The third kappa shape index (κ3) is 3.45. The Balaban J connectivity index is 2.00. The van der Waals surface area contributed by atoms with Gasteiger partial charge >= 0.3 is 0 Å². The van der Waals surface area contributed by atoms with Crippen molar-refractivity contribution in [2.24, 2.45) is 0 Å². The highest BCUT2D eigenvalue weighted by Gasteiger charge is 2.09. The van der Waals surface area contributed by atoms with Gasteiger partial charge in [-0.1, -0.05) is 18.2 Å². The third-order valence-corrected chi connectivity index (χ3v) is 2.85. The van der Waals surface area contributed by atoms with Crippen LogP contribution in [0.25, 0.3) is 0 Å². The fraction of sp³-hybridized carbons (Fsp3) is 0.200. The van der Waals surface area contributed by atoms with Gasteiger partial charge in [0.1, 0.15) is 24.3 Å². The van der Waals surface area contributed by atoms with Gasteiger partial charge in [-0.25, -0.2) is 4.39 Å². The summed E-state index contributed by atoms with van der Waals surface area (Å²) < 4.78 is 18.7. The SMILES string of the molecule is Cc1ccc(OCC(O)c2cccc(N)c2)cc1F. The molecular weight excluding hydrogens is 245 g/mol. The Bertz CT molecular complexity index is 572. The zero-order chi connectivity index (χ0) is 13.8.